The second kappa shape index (κ2) is 7.85. The lowest BCUT2D eigenvalue weighted by Gasteiger charge is -2.19. The molecule has 0 saturated carbocycles. The van der Waals surface area contributed by atoms with E-state index in [1.807, 2.05) is 30.3 Å². The first-order valence-electron chi connectivity index (χ1n) is 7.05. The number of carboxylic acid groups (broad SMARTS) is 1. The van der Waals surface area contributed by atoms with Crippen LogP contribution in [-0.4, -0.2) is 53.7 Å². The van der Waals surface area contributed by atoms with Crippen LogP contribution < -0.4 is 0 Å². The van der Waals surface area contributed by atoms with Gasteiger partial charge in [0.1, 0.15) is 16.4 Å². The highest BCUT2D eigenvalue weighted by molar-refractivity contribution is 7.17. The van der Waals surface area contributed by atoms with Crippen molar-refractivity contribution in [1.82, 2.24) is 9.88 Å². The average Bonchev–Trinajstić information content (AvgIpc) is 2.93. The van der Waals surface area contributed by atoms with Gasteiger partial charge in [0.2, 0.25) is 0 Å². The van der Waals surface area contributed by atoms with Crippen molar-refractivity contribution in [2.45, 2.75) is 6.92 Å². The van der Waals surface area contributed by atoms with Crippen LogP contribution in [0.4, 0.5) is 0 Å². The van der Waals surface area contributed by atoms with Crippen LogP contribution in [0.5, 0.6) is 0 Å². The smallest absolute Gasteiger partial charge is 0.323 e. The molecule has 0 aliphatic heterocycles. The van der Waals surface area contributed by atoms with Crippen LogP contribution in [0.1, 0.15) is 15.4 Å². The van der Waals surface area contributed by atoms with E-state index in [-0.39, 0.29) is 25.6 Å². The summed E-state index contributed by atoms with van der Waals surface area (Å²) in [7, 11) is 1.51. The predicted octanol–water partition coefficient (Wildman–Crippen LogP) is 2.29. The highest BCUT2D eigenvalue weighted by Crippen LogP contribution is 2.28. The summed E-state index contributed by atoms with van der Waals surface area (Å²) in [5.41, 5.74) is 1.54. The van der Waals surface area contributed by atoms with Gasteiger partial charge in [0, 0.05) is 19.2 Å². The van der Waals surface area contributed by atoms with Gasteiger partial charge in [-0.3, -0.25) is 9.59 Å². The standard InChI is InChI=1S/C16H18N2O4S/c1-11-14(16(21)18(8-9-22-2)10-13(19)20)23-15(17-11)12-6-4-3-5-7-12/h3-7H,8-10H2,1-2H3,(H,19,20). The summed E-state index contributed by atoms with van der Waals surface area (Å²) in [4.78, 5) is 29.8. The van der Waals surface area contributed by atoms with Crippen molar-refractivity contribution in [3.8, 4) is 10.6 Å². The summed E-state index contributed by atoms with van der Waals surface area (Å²) in [5.74, 6) is -1.39. The number of thiazole rings is 1. The van der Waals surface area contributed by atoms with E-state index in [4.69, 9.17) is 9.84 Å². The quantitative estimate of drug-likeness (QED) is 0.840. The lowest BCUT2D eigenvalue weighted by atomic mass is 10.2. The molecule has 0 atom stereocenters. The molecule has 1 aromatic carbocycles. The number of rotatable bonds is 7. The first-order valence-corrected chi connectivity index (χ1v) is 7.87. The lowest BCUT2D eigenvalue weighted by Crippen LogP contribution is -2.37. The summed E-state index contributed by atoms with van der Waals surface area (Å²) < 4.78 is 4.95. The van der Waals surface area contributed by atoms with Crippen molar-refractivity contribution in [3.63, 3.8) is 0 Å². The van der Waals surface area contributed by atoms with E-state index in [9.17, 15) is 9.59 Å². The number of carboxylic acids is 1. The van der Waals surface area contributed by atoms with E-state index in [0.717, 1.165) is 10.6 Å². The van der Waals surface area contributed by atoms with E-state index >= 15 is 0 Å². The Hall–Kier alpha value is -2.25. The Morgan fingerprint density at radius 3 is 2.61 bits per heavy atom. The summed E-state index contributed by atoms with van der Waals surface area (Å²) in [6.45, 7) is 1.90. The molecular weight excluding hydrogens is 316 g/mol. The Morgan fingerprint density at radius 2 is 2.00 bits per heavy atom. The van der Waals surface area contributed by atoms with Crippen LogP contribution in [0.15, 0.2) is 30.3 Å². The van der Waals surface area contributed by atoms with Gasteiger partial charge in [0.05, 0.1) is 12.3 Å². The van der Waals surface area contributed by atoms with Crippen molar-refractivity contribution in [2.24, 2.45) is 0 Å². The van der Waals surface area contributed by atoms with Crippen molar-refractivity contribution in [3.05, 3.63) is 40.9 Å². The number of carbonyl (C=O) groups is 2. The molecule has 1 aromatic heterocycles. The number of benzene rings is 1. The Bertz CT molecular complexity index is 685. The number of nitrogens with zero attached hydrogens (tertiary/aromatic N) is 2. The molecule has 122 valence electrons. The van der Waals surface area contributed by atoms with Gasteiger partial charge in [-0.25, -0.2) is 4.98 Å². The first-order chi connectivity index (χ1) is 11.0. The van der Waals surface area contributed by atoms with Gasteiger partial charge in [-0.15, -0.1) is 11.3 Å². The fraction of sp³-hybridized carbons (Fsp3) is 0.312. The number of ether oxygens (including phenoxy) is 1. The minimum Gasteiger partial charge on any atom is -0.480 e. The second-order valence-electron chi connectivity index (χ2n) is 4.91. The van der Waals surface area contributed by atoms with Gasteiger partial charge >= 0.3 is 5.97 Å². The number of aromatic nitrogens is 1. The molecule has 1 N–H and O–H groups in total. The zero-order chi connectivity index (χ0) is 16.8. The summed E-state index contributed by atoms with van der Waals surface area (Å²) in [6.07, 6.45) is 0. The van der Waals surface area contributed by atoms with Crippen LogP contribution in [0.3, 0.4) is 0 Å². The van der Waals surface area contributed by atoms with Gasteiger partial charge in [-0.2, -0.15) is 0 Å². The Labute approximate surface area is 138 Å². The molecule has 2 aromatic rings. The second-order valence-corrected chi connectivity index (χ2v) is 5.91. The number of aliphatic carboxylic acids is 1. The van der Waals surface area contributed by atoms with Gasteiger partial charge < -0.3 is 14.7 Å². The van der Waals surface area contributed by atoms with Gasteiger partial charge in [0.15, 0.2) is 0 Å². The number of hydrogen-bond donors (Lipinski definition) is 1. The minimum absolute atomic E-state index is 0.222. The van der Waals surface area contributed by atoms with E-state index in [2.05, 4.69) is 4.98 Å². The number of aryl methyl sites for hydroxylation is 1. The number of amides is 1. The van der Waals surface area contributed by atoms with Crippen LogP contribution in [0.25, 0.3) is 10.6 Å². The topological polar surface area (TPSA) is 79.7 Å². The molecule has 0 saturated heterocycles. The third kappa shape index (κ3) is 4.37. The zero-order valence-corrected chi connectivity index (χ0v) is 13.8. The molecule has 0 bridgehead atoms. The number of methoxy groups -OCH3 is 1. The van der Waals surface area contributed by atoms with Crippen molar-refractivity contribution in [2.75, 3.05) is 26.8 Å². The molecule has 23 heavy (non-hydrogen) atoms. The third-order valence-corrected chi connectivity index (χ3v) is 4.38. The maximum atomic E-state index is 12.6. The summed E-state index contributed by atoms with van der Waals surface area (Å²) in [5, 5.41) is 9.73. The highest BCUT2D eigenvalue weighted by Gasteiger charge is 2.23. The molecule has 1 amide bonds. The molecule has 0 fully saturated rings. The Balaban J connectivity index is 2.26. The van der Waals surface area contributed by atoms with Crippen molar-refractivity contribution in [1.29, 1.82) is 0 Å². The number of carbonyl (C=O) groups excluding carboxylic acids is 1. The molecule has 2 rings (SSSR count). The van der Waals surface area contributed by atoms with Gasteiger partial charge in [-0.05, 0) is 6.92 Å². The fourth-order valence-electron chi connectivity index (χ4n) is 2.06. The number of hydrogen-bond acceptors (Lipinski definition) is 5. The molecule has 1 heterocycles. The van der Waals surface area contributed by atoms with E-state index in [0.29, 0.717) is 10.6 Å². The van der Waals surface area contributed by atoms with Crippen LogP contribution in [0.2, 0.25) is 0 Å². The predicted molar refractivity (Wildman–Crippen MR) is 87.7 cm³/mol. The van der Waals surface area contributed by atoms with Crippen LogP contribution in [0, 0.1) is 6.92 Å². The van der Waals surface area contributed by atoms with Crippen LogP contribution >= 0.6 is 11.3 Å². The molecular formula is C16H18N2O4S. The highest BCUT2D eigenvalue weighted by atomic mass is 32.1. The van der Waals surface area contributed by atoms with E-state index in [1.165, 1.54) is 23.3 Å². The average molecular weight is 334 g/mol. The van der Waals surface area contributed by atoms with E-state index < -0.39 is 5.97 Å². The molecule has 0 aliphatic rings. The normalized spacial score (nSPS) is 10.5. The largest absolute Gasteiger partial charge is 0.480 e. The zero-order valence-electron chi connectivity index (χ0n) is 13.0. The summed E-state index contributed by atoms with van der Waals surface area (Å²) in [6, 6.07) is 9.57. The first kappa shape index (κ1) is 17.1. The van der Waals surface area contributed by atoms with Gasteiger partial charge in [0.25, 0.3) is 5.91 Å². The Morgan fingerprint density at radius 1 is 1.30 bits per heavy atom. The molecule has 6 nitrogen and oxygen atoms in total. The SMILES string of the molecule is COCCN(CC(=O)O)C(=O)c1sc(-c2ccccc2)nc1C. The van der Waals surface area contributed by atoms with Crippen LogP contribution in [-0.2, 0) is 9.53 Å². The fourth-order valence-corrected chi connectivity index (χ4v) is 3.10. The molecule has 0 spiro atoms. The monoisotopic (exact) mass is 334 g/mol. The maximum absolute atomic E-state index is 12.6. The van der Waals surface area contributed by atoms with E-state index in [1.54, 1.807) is 6.92 Å². The molecule has 0 unspecified atom stereocenters. The third-order valence-electron chi connectivity index (χ3n) is 3.19. The molecule has 0 aliphatic carbocycles. The van der Waals surface area contributed by atoms with Crippen molar-refractivity contribution < 1.29 is 19.4 Å². The molecule has 0 radical (unpaired) electrons. The Kier molecular flexibility index (Phi) is 5.84. The van der Waals surface area contributed by atoms with Crippen molar-refractivity contribution >= 4 is 23.2 Å². The molecule has 7 heteroatoms. The lowest BCUT2D eigenvalue weighted by molar-refractivity contribution is -0.137. The minimum atomic E-state index is -1.06. The summed E-state index contributed by atoms with van der Waals surface area (Å²) >= 11 is 1.27. The van der Waals surface area contributed by atoms with Gasteiger partial charge in [-0.1, -0.05) is 30.3 Å². The maximum Gasteiger partial charge on any atom is 0.323 e.